The minimum Gasteiger partial charge on any atom is -0.508 e. The zero-order valence-electron chi connectivity index (χ0n) is 10.4. The second kappa shape index (κ2) is 5.05. The van der Waals surface area contributed by atoms with Crippen LogP contribution in [0.2, 0.25) is 0 Å². The minimum absolute atomic E-state index is 0.403. The van der Waals surface area contributed by atoms with Crippen molar-refractivity contribution in [3.8, 4) is 16.9 Å². The third-order valence-corrected chi connectivity index (χ3v) is 2.85. The Morgan fingerprint density at radius 1 is 0.941 bits per heavy atom. The molecule has 0 unspecified atom stereocenters. The number of phenolic OH excluding ortho intramolecular Hbond substituents is 1. The van der Waals surface area contributed by atoms with Crippen LogP contribution >= 0.6 is 0 Å². The molecule has 0 aliphatic rings. The monoisotopic (exact) mass is 226 g/mol. The Morgan fingerprint density at radius 3 is 2.29 bits per heavy atom. The predicted molar refractivity (Wildman–Crippen MR) is 72.1 cm³/mol. The SMILES string of the molecule is CC(C)Cc1c(O)cccc1-c1ccccc1. The van der Waals surface area contributed by atoms with E-state index in [0.29, 0.717) is 11.7 Å². The van der Waals surface area contributed by atoms with Crippen molar-refractivity contribution < 1.29 is 5.11 Å². The van der Waals surface area contributed by atoms with Gasteiger partial charge in [-0.2, -0.15) is 0 Å². The van der Waals surface area contributed by atoms with Gasteiger partial charge in [0.05, 0.1) is 0 Å². The number of phenols is 1. The Bertz CT molecular complexity index is 486. The molecule has 0 saturated heterocycles. The first-order valence-electron chi connectivity index (χ1n) is 6.04. The Morgan fingerprint density at radius 2 is 1.65 bits per heavy atom. The van der Waals surface area contributed by atoms with Crippen LogP contribution in [-0.2, 0) is 6.42 Å². The van der Waals surface area contributed by atoms with Gasteiger partial charge in [-0.1, -0.05) is 56.3 Å². The fourth-order valence-electron chi connectivity index (χ4n) is 2.09. The molecule has 0 spiro atoms. The van der Waals surface area contributed by atoms with E-state index in [-0.39, 0.29) is 0 Å². The van der Waals surface area contributed by atoms with Gasteiger partial charge in [0.15, 0.2) is 0 Å². The number of rotatable bonds is 3. The van der Waals surface area contributed by atoms with Gasteiger partial charge < -0.3 is 5.11 Å². The van der Waals surface area contributed by atoms with Gasteiger partial charge in [0.25, 0.3) is 0 Å². The van der Waals surface area contributed by atoms with Crippen LogP contribution in [-0.4, -0.2) is 5.11 Å². The summed E-state index contributed by atoms with van der Waals surface area (Å²) in [6.45, 7) is 4.34. The average molecular weight is 226 g/mol. The molecule has 2 aromatic carbocycles. The summed E-state index contributed by atoms with van der Waals surface area (Å²) in [6, 6.07) is 16.0. The van der Waals surface area contributed by atoms with Crippen molar-refractivity contribution in [3.05, 3.63) is 54.1 Å². The van der Waals surface area contributed by atoms with E-state index in [9.17, 15) is 5.11 Å². The second-order valence-electron chi connectivity index (χ2n) is 4.77. The first kappa shape index (κ1) is 11.7. The van der Waals surface area contributed by atoms with E-state index in [4.69, 9.17) is 0 Å². The van der Waals surface area contributed by atoms with E-state index in [0.717, 1.165) is 17.5 Å². The first-order chi connectivity index (χ1) is 8.18. The number of benzene rings is 2. The summed E-state index contributed by atoms with van der Waals surface area (Å²) in [4.78, 5) is 0. The van der Waals surface area contributed by atoms with Crippen molar-refractivity contribution in [1.29, 1.82) is 0 Å². The zero-order chi connectivity index (χ0) is 12.3. The molecule has 1 nitrogen and oxygen atoms in total. The Kier molecular flexibility index (Phi) is 3.48. The molecule has 1 N–H and O–H groups in total. The molecule has 0 fully saturated rings. The Hall–Kier alpha value is -1.76. The van der Waals surface area contributed by atoms with Crippen molar-refractivity contribution in [1.82, 2.24) is 0 Å². The highest BCUT2D eigenvalue weighted by Crippen LogP contribution is 2.31. The van der Waals surface area contributed by atoms with E-state index in [1.165, 1.54) is 5.56 Å². The average Bonchev–Trinajstić information content (AvgIpc) is 2.32. The van der Waals surface area contributed by atoms with Crippen LogP contribution in [0.3, 0.4) is 0 Å². The molecular formula is C16H18O. The largest absolute Gasteiger partial charge is 0.508 e. The van der Waals surface area contributed by atoms with Crippen molar-refractivity contribution in [2.24, 2.45) is 5.92 Å². The van der Waals surface area contributed by atoms with Gasteiger partial charge in [-0.05, 0) is 29.5 Å². The summed E-state index contributed by atoms with van der Waals surface area (Å²) in [5, 5.41) is 10.0. The summed E-state index contributed by atoms with van der Waals surface area (Å²) in [6.07, 6.45) is 0.900. The lowest BCUT2D eigenvalue weighted by molar-refractivity contribution is 0.463. The van der Waals surface area contributed by atoms with Gasteiger partial charge in [0.1, 0.15) is 5.75 Å². The summed E-state index contributed by atoms with van der Waals surface area (Å²) in [5.74, 6) is 0.936. The fourth-order valence-corrected chi connectivity index (χ4v) is 2.09. The number of hydrogen-bond donors (Lipinski definition) is 1. The van der Waals surface area contributed by atoms with Crippen LogP contribution in [0.1, 0.15) is 19.4 Å². The van der Waals surface area contributed by atoms with Crippen LogP contribution in [0.25, 0.3) is 11.1 Å². The van der Waals surface area contributed by atoms with Crippen molar-refractivity contribution in [2.45, 2.75) is 20.3 Å². The molecule has 0 aliphatic heterocycles. The Balaban J connectivity index is 2.50. The van der Waals surface area contributed by atoms with E-state index < -0.39 is 0 Å². The Labute approximate surface area is 103 Å². The second-order valence-corrected chi connectivity index (χ2v) is 4.77. The molecule has 17 heavy (non-hydrogen) atoms. The molecule has 0 radical (unpaired) electrons. The lowest BCUT2D eigenvalue weighted by atomic mass is 9.93. The molecule has 0 aliphatic carbocycles. The van der Waals surface area contributed by atoms with Crippen molar-refractivity contribution >= 4 is 0 Å². The van der Waals surface area contributed by atoms with E-state index >= 15 is 0 Å². The molecule has 0 heterocycles. The molecule has 2 rings (SSSR count). The molecule has 0 saturated carbocycles. The van der Waals surface area contributed by atoms with Crippen molar-refractivity contribution in [2.75, 3.05) is 0 Å². The van der Waals surface area contributed by atoms with Crippen molar-refractivity contribution in [3.63, 3.8) is 0 Å². The third kappa shape index (κ3) is 2.68. The maximum absolute atomic E-state index is 10.0. The summed E-state index contributed by atoms with van der Waals surface area (Å²) in [7, 11) is 0. The highest BCUT2D eigenvalue weighted by atomic mass is 16.3. The predicted octanol–water partition coefficient (Wildman–Crippen LogP) is 4.26. The smallest absolute Gasteiger partial charge is 0.119 e. The molecule has 0 bridgehead atoms. The van der Waals surface area contributed by atoms with E-state index in [2.05, 4.69) is 32.0 Å². The molecule has 88 valence electrons. The van der Waals surface area contributed by atoms with Crippen LogP contribution < -0.4 is 0 Å². The minimum atomic E-state index is 0.403. The van der Waals surface area contributed by atoms with E-state index in [1.807, 2.05) is 24.3 Å². The van der Waals surface area contributed by atoms with Crippen LogP contribution in [0.4, 0.5) is 0 Å². The number of hydrogen-bond acceptors (Lipinski definition) is 1. The first-order valence-corrected chi connectivity index (χ1v) is 6.04. The molecule has 2 aromatic rings. The molecule has 0 atom stereocenters. The van der Waals surface area contributed by atoms with Gasteiger partial charge in [0.2, 0.25) is 0 Å². The fraction of sp³-hybridized carbons (Fsp3) is 0.250. The van der Waals surface area contributed by atoms with Crippen LogP contribution in [0.5, 0.6) is 5.75 Å². The van der Waals surface area contributed by atoms with Crippen LogP contribution in [0.15, 0.2) is 48.5 Å². The zero-order valence-corrected chi connectivity index (χ0v) is 10.4. The standard InChI is InChI=1S/C16H18O/c1-12(2)11-15-14(9-6-10-16(15)17)13-7-4-3-5-8-13/h3-10,12,17H,11H2,1-2H3. The van der Waals surface area contributed by atoms with Gasteiger partial charge in [-0.3, -0.25) is 0 Å². The lowest BCUT2D eigenvalue weighted by Crippen LogP contribution is -1.97. The van der Waals surface area contributed by atoms with Gasteiger partial charge in [0, 0.05) is 5.56 Å². The summed E-state index contributed by atoms with van der Waals surface area (Å²) < 4.78 is 0. The topological polar surface area (TPSA) is 20.2 Å². The van der Waals surface area contributed by atoms with Gasteiger partial charge in [-0.25, -0.2) is 0 Å². The molecule has 0 amide bonds. The summed E-state index contributed by atoms with van der Waals surface area (Å²) in [5.41, 5.74) is 3.35. The molecular weight excluding hydrogens is 208 g/mol. The quantitative estimate of drug-likeness (QED) is 0.829. The van der Waals surface area contributed by atoms with Gasteiger partial charge in [-0.15, -0.1) is 0 Å². The lowest BCUT2D eigenvalue weighted by Gasteiger charge is -2.13. The number of aromatic hydroxyl groups is 1. The summed E-state index contributed by atoms with van der Waals surface area (Å²) >= 11 is 0. The molecule has 1 heteroatoms. The maximum Gasteiger partial charge on any atom is 0.119 e. The third-order valence-electron chi connectivity index (χ3n) is 2.85. The highest BCUT2D eigenvalue weighted by molar-refractivity contribution is 5.69. The maximum atomic E-state index is 10.0. The normalized spacial score (nSPS) is 10.8. The molecule has 0 aromatic heterocycles. The van der Waals surface area contributed by atoms with Crippen LogP contribution in [0, 0.1) is 5.92 Å². The highest BCUT2D eigenvalue weighted by Gasteiger charge is 2.10. The van der Waals surface area contributed by atoms with Gasteiger partial charge >= 0.3 is 0 Å². The van der Waals surface area contributed by atoms with E-state index in [1.54, 1.807) is 6.07 Å².